The van der Waals surface area contributed by atoms with Crippen molar-refractivity contribution in [3.63, 3.8) is 0 Å². The van der Waals surface area contributed by atoms with E-state index in [1.165, 1.54) is 64.8 Å². The second-order valence-electron chi connectivity index (χ2n) is 15.1. The summed E-state index contributed by atoms with van der Waals surface area (Å²) in [6.45, 7) is 6.56. The summed E-state index contributed by atoms with van der Waals surface area (Å²) in [4.78, 5) is 8.42. The zero-order chi connectivity index (χ0) is 37.1. The van der Waals surface area contributed by atoms with Crippen molar-refractivity contribution in [2.75, 3.05) is 4.90 Å². The summed E-state index contributed by atoms with van der Waals surface area (Å²) in [6.07, 6.45) is 37.3. The van der Waals surface area contributed by atoms with E-state index in [4.69, 9.17) is 0 Å². The van der Waals surface area contributed by atoms with Gasteiger partial charge in [-0.1, -0.05) is 121 Å². The average Bonchev–Trinajstić information content (AvgIpc) is 3.61. The van der Waals surface area contributed by atoms with E-state index in [1.54, 1.807) is 0 Å². The zero-order valence-electron chi connectivity index (χ0n) is 31.5. The van der Waals surface area contributed by atoms with E-state index in [9.17, 15) is 0 Å². The lowest BCUT2D eigenvalue weighted by Gasteiger charge is -2.31. The Morgan fingerprint density at radius 1 is 0.891 bits per heavy atom. The second-order valence-corrected chi connectivity index (χ2v) is 16.1. The summed E-state index contributed by atoms with van der Waals surface area (Å²) in [7, 11) is 0. The Labute approximate surface area is 329 Å². The normalized spacial score (nSPS) is 20.7. The number of aromatic nitrogens is 1. The standard InChI is InChI=1S/C52H46N2S/c1-3-44(14-7-11-37-20-32-50-43(34-37)13-9-33-53-50)54(45-28-24-39(25-29-45)42-23-22-38-21-19-36(2)10-6-12-41(38)35-42)46-30-26-40(27-31-46)47-16-8-17-49-48-15-4-5-18-51(48)55-52(47)49/h3-15,17-18,22-24,26-28,30-35,37,47H,1,16,19-21,25,29H2,2H3/b11-7+,12-6-,36-10+,44-14+. The summed E-state index contributed by atoms with van der Waals surface area (Å²) in [5, 5.41) is 3.65. The highest BCUT2D eigenvalue weighted by molar-refractivity contribution is 7.19. The van der Waals surface area contributed by atoms with E-state index in [1.807, 2.05) is 29.7 Å². The van der Waals surface area contributed by atoms with Crippen molar-refractivity contribution >= 4 is 57.0 Å². The third-order valence-corrected chi connectivity index (χ3v) is 12.8. The zero-order valence-corrected chi connectivity index (χ0v) is 32.3. The van der Waals surface area contributed by atoms with Crippen molar-refractivity contribution in [1.29, 1.82) is 0 Å². The van der Waals surface area contributed by atoms with Crippen LogP contribution in [0, 0.1) is 5.92 Å². The van der Waals surface area contributed by atoms with Crippen LogP contribution >= 0.6 is 11.3 Å². The maximum atomic E-state index is 4.53. The molecule has 0 N–H and O–H groups in total. The number of rotatable bonds is 8. The SMILES string of the molecule is C=C/C(=C\C=C\C1C=c2cccnc2=CC1)N(C1=CC=C(c2ccc3c(c2)/C=C\C=C(/C)CC3)CC1)c1ccc(C2CC=Cc3c2sc2ccccc32)cc1. The number of benzene rings is 3. The molecule has 9 rings (SSSR count). The molecule has 4 aliphatic carbocycles. The van der Waals surface area contributed by atoms with Gasteiger partial charge in [-0.2, -0.15) is 0 Å². The summed E-state index contributed by atoms with van der Waals surface area (Å²) >= 11 is 1.95. The van der Waals surface area contributed by atoms with Crippen LogP contribution < -0.4 is 15.5 Å². The summed E-state index contributed by atoms with van der Waals surface area (Å²) < 4.78 is 1.37. The molecule has 5 aromatic rings. The van der Waals surface area contributed by atoms with Crippen molar-refractivity contribution in [1.82, 2.24) is 4.98 Å². The number of hydrogen-bond donors (Lipinski definition) is 0. The topological polar surface area (TPSA) is 16.1 Å². The fourth-order valence-corrected chi connectivity index (χ4v) is 9.82. The molecule has 270 valence electrons. The van der Waals surface area contributed by atoms with Crippen LogP contribution in [0.4, 0.5) is 5.69 Å². The van der Waals surface area contributed by atoms with Crippen molar-refractivity contribution in [2.24, 2.45) is 5.92 Å². The molecule has 0 saturated carbocycles. The van der Waals surface area contributed by atoms with Crippen molar-refractivity contribution in [3.8, 4) is 0 Å². The number of thiophene rings is 1. The highest BCUT2D eigenvalue weighted by atomic mass is 32.1. The van der Waals surface area contributed by atoms with Crippen molar-refractivity contribution in [2.45, 2.75) is 51.4 Å². The predicted octanol–water partition coefficient (Wildman–Crippen LogP) is 12.2. The Morgan fingerprint density at radius 2 is 1.80 bits per heavy atom. The molecule has 4 aliphatic rings. The van der Waals surface area contributed by atoms with Gasteiger partial charge in [-0.3, -0.25) is 4.98 Å². The largest absolute Gasteiger partial charge is 0.314 e. The molecule has 0 fully saturated rings. The Kier molecular flexibility index (Phi) is 9.87. The van der Waals surface area contributed by atoms with Crippen LogP contribution in [0.15, 0.2) is 163 Å². The molecular formula is C52H46N2S. The molecule has 0 bridgehead atoms. The maximum Gasteiger partial charge on any atom is 0.0659 e. The van der Waals surface area contributed by atoms with Crippen LogP contribution in [0.5, 0.6) is 0 Å². The Balaban J connectivity index is 1.04. The van der Waals surface area contributed by atoms with Crippen molar-refractivity contribution in [3.05, 3.63) is 207 Å². The quantitative estimate of drug-likeness (QED) is 0.148. The molecule has 2 atom stereocenters. The number of hydrogen-bond acceptors (Lipinski definition) is 3. The van der Waals surface area contributed by atoms with Crippen LogP contribution in [0.3, 0.4) is 0 Å². The van der Waals surface area contributed by atoms with Crippen LogP contribution in [0.2, 0.25) is 0 Å². The van der Waals surface area contributed by atoms with Gasteiger partial charge < -0.3 is 4.90 Å². The summed E-state index contributed by atoms with van der Waals surface area (Å²) in [6, 6.07) is 29.4. The number of aryl methyl sites for hydroxylation is 1. The molecule has 2 aromatic heterocycles. The van der Waals surface area contributed by atoms with E-state index < -0.39 is 0 Å². The highest BCUT2D eigenvalue weighted by Gasteiger charge is 2.24. The second kappa shape index (κ2) is 15.5. The summed E-state index contributed by atoms with van der Waals surface area (Å²) in [5.74, 6) is 0.690. The molecule has 0 aliphatic heterocycles. The lowest BCUT2D eigenvalue weighted by molar-refractivity contribution is 0.839. The van der Waals surface area contributed by atoms with E-state index in [2.05, 4.69) is 169 Å². The van der Waals surface area contributed by atoms with Gasteiger partial charge in [-0.25, -0.2) is 0 Å². The minimum Gasteiger partial charge on any atom is -0.314 e. The van der Waals surface area contributed by atoms with Gasteiger partial charge in [0.05, 0.1) is 5.35 Å². The lowest BCUT2D eigenvalue weighted by atomic mass is 9.87. The van der Waals surface area contributed by atoms with Crippen molar-refractivity contribution < 1.29 is 0 Å². The fourth-order valence-electron chi connectivity index (χ4n) is 8.48. The molecule has 0 spiro atoms. The van der Waals surface area contributed by atoms with Gasteiger partial charge in [0.25, 0.3) is 0 Å². The molecule has 2 unspecified atom stereocenters. The number of nitrogens with zero attached hydrogens (tertiary/aromatic N) is 2. The summed E-state index contributed by atoms with van der Waals surface area (Å²) in [5.41, 5.74) is 13.2. The van der Waals surface area contributed by atoms with Gasteiger partial charge in [0.15, 0.2) is 0 Å². The third kappa shape index (κ3) is 7.25. The Morgan fingerprint density at radius 3 is 2.67 bits per heavy atom. The molecule has 2 heterocycles. The monoisotopic (exact) mass is 730 g/mol. The molecule has 55 heavy (non-hydrogen) atoms. The smallest absolute Gasteiger partial charge is 0.0659 e. The minimum atomic E-state index is 0.328. The molecule has 3 heteroatoms. The van der Waals surface area contributed by atoms with Gasteiger partial charge in [0.1, 0.15) is 0 Å². The fraction of sp³-hybridized carbons (Fsp3) is 0.173. The number of anilines is 1. The highest BCUT2D eigenvalue weighted by Crippen LogP contribution is 2.45. The Hall–Kier alpha value is -5.77. The molecule has 2 nitrogen and oxygen atoms in total. The number of pyridine rings is 1. The first-order valence-electron chi connectivity index (χ1n) is 19.7. The first kappa shape index (κ1) is 35.0. The predicted molar refractivity (Wildman–Crippen MR) is 237 cm³/mol. The van der Waals surface area contributed by atoms with E-state index in [0.29, 0.717) is 11.8 Å². The first-order valence-corrected chi connectivity index (χ1v) is 20.5. The van der Waals surface area contributed by atoms with Gasteiger partial charge in [-0.15, -0.1) is 11.3 Å². The van der Waals surface area contributed by atoms with Gasteiger partial charge in [0.2, 0.25) is 0 Å². The molecular weight excluding hydrogens is 685 g/mol. The molecule has 3 aromatic carbocycles. The van der Waals surface area contributed by atoms with Crippen LogP contribution in [0.25, 0.3) is 40.0 Å². The van der Waals surface area contributed by atoms with E-state index in [0.717, 1.165) is 55.3 Å². The van der Waals surface area contributed by atoms with Gasteiger partial charge >= 0.3 is 0 Å². The van der Waals surface area contributed by atoms with Crippen LogP contribution in [-0.2, 0) is 6.42 Å². The van der Waals surface area contributed by atoms with Crippen LogP contribution in [-0.4, -0.2) is 4.98 Å². The molecule has 0 radical (unpaired) electrons. The number of fused-ring (bicyclic) bond motifs is 5. The minimum absolute atomic E-state index is 0.328. The maximum absolute atomic E-state index is 4.53. The Bertz CT molecular complexity index is 2640. The van der Waals surface area contributed by atoms with Gasteiger partial charge in [0, 0.05) is 38.8 Å². The van der Waals surface area contributed by atoms with Crippen LogP contribution in [0.1, 0.15) is 77.6 Å². The number of allylic oxidation sites excluding steroid dienone is 12. The molecule has 0 amide bonds. The molecule has 0 saturated heterocycles. The van der Waals surface area contributed by atoms with Gasteiger partial charge in [-0.05, 0) is 144 Å². The van der Waals surface area contributed by atoms with E-state index in [-0.39, 0.29) is 0 Å². The third-order valence-electron chi connectivity index (χ3n) is 11.5. The lowest BCUT2D eigenvalue weighted by Crippen LogP contribution is -2.31. The van der Waals surface area contributed by atoms with E-state index >= 15 is 0 Å². The average molecular weight is 731 g/mol. The first-order chi connectivity index (χ1) is 27.1.